The van der Waals surface area contributed by atoms with Crippen LogP contribution in [0.5, 0.6) is 0 Å². The Morgan fingerprint density at radius 3 is 2.20 bits per heavy atom. The van der Waals surface area contributed by atoms with Crippen molar-refractivity contribution in [2.45, 2.75) is 27.2 Å². The Labute approximate surface area is 95.8 Å². The first-order valence-corrected chi connectivity index (χ1v) is 6.13. The van der Waals surface area contributed by atoms with Crippen LogP contribution in [-0.4, -0.2) is 4.98 Å². The molecular formula is C13H17NS. The van der Waals surface area contributed by atoms with Crippen molar-refractivity contribution in [1.29, 1.82) is 0 Å². The zero-order valence-electron chi connectivity index (χ0n) is 9.53. The topological polar surface area (TPSA) is 12.9 Å². The van der Waals surface area contributed by atoms with E-state index in [1.165, 1.54) is 12.0 Å². The first kappa shape index (κ1) is 11.9. The molecule has 15 heavy (non-hydrogen) atoms. The van der Waals surface area contributed by atoms with Gasteiger partial charge in [-0.2, -0.15) is 0 Å². The van der Waals surface area contributed by atoms with E-state index in [1.807, 2.05) is 25.1 Å². The Morgan fingerprint density at radius 1 is 1.13 bits per heavy atom. The molecule has 80 valence electrons. The lowest BCUT2D eigenvalue weighted by Gasteiger charge is -1.92. The first-order valence-electron chi connectivity index (χ1n) is 5.25. The Hall–Kier alpha value is -1.15. The van der Waals surface area contributed by atoms with Gasteiger partial charge in [-0.25, -0.2) is 4.98 Å². The van der Waals surface area contributed by atoms with Crippen molar-refractivity contribution in [3.05, 3.63) is 40.7 Å². The van der Waals surface area contributed by atoms with Crippen LogP contribution in [0, 0.1) is 6.92 Å². The normalized spacial score (nSPS) is 9.27. The number of benzene rings is 1. The van der Waals surface area contributed by atoms with Crippen molar-refractivity contribution < 1.29 is 0 Å². The summed E-state index contributed by atoms with van der Waals surface area (Å²) in [6.45, 7) is 6.27. The van der Waals surface area contributed by atoms with Gasteiger partial charge < -0.3 is 0 Å². The zero-order valence-corrected chi connectivity index (χ0v) is 10.3. The van der Waals surface area contributed by atoms with Gasteiger partial charge in [0, 0.05) is 10.9 Å². The van der Waals surface area contributed by atoms with Crippen LogP contribution in [0.1, 0.15) is 25.3 Å². The second-order valence-electron chi connectivity index (χ2n) is 3.32. The molecule has 2 aromatic rings. The van der Waals surface area contributed by atoms with Crippen LogP contribution >= 0.6 is 11.3 Å². The number of aryl methyl sites for hydroxylation is 1. The summed E-state index contributed by atoms with van der Waals surface area (Å²) in [4.78, 5) is 4.40. The maximum absolute atomic E-state index is 4.40. The Kier molecular flexibility index (Phi) is 5.05. The molecule has 1 heterocycles. The molecule has 0 aliphatic heterocycles. The zero-order chi connectivity index (χ0) is 11.1. The fraction of sp³-hybridized carbons (Fsp3) is 0.308. The van der Waals surface area contributed by atoms with Gasteiger partial charge in [-0.15, -0.1) is 11.3 Å². The second-order valence-corrected chi connectivity index (χ2v) is 4.39. The predicted molar refractivity (Wildman–Crippen MR) is 68.3 cm³/mol. The van der Waals surface area contributed by atoms with Crippen molar-refractivity contribution in [2.75, 3.05) is 0 Å². The average Bonchev–Trinajstić information content (AvgIpc) is 2.67. The Balaban J connectivity index is 0.000000337. The Morgan fingerprint density at radius 2 is 1.73 bits per heavy atom. The summed E-state index contributed by atoms with van der Waals surface area (Å²) in [6.07, 6.45) is 1.25. The predicted octanol–water partition coefficient (Wildman–Crippen LogP) is 4.53. The third-order valence-electron chi connectivity index (χ3n) is 1.69. The summed E-state index contributed by atoms with van der Waals surface area (Å²) < 4.78 is 0. The number of thiazole rings is 1. The lowest BCUT2D eigenvalue weighted by atomic mass is 10.2. The molecule has 0 aliphatic carbocycles. The van der Waals surface area contributed by atoms with E-state index in [0.717, 1.165) is 10.7 Å². The highest BCUT2D eigenvalue weighted by molar-refractivity contribution is 7.09. The molecule has 0 atom stereocenters. The van der Waals surface area contributed by atoms with Crippen LogP contribution in [0.4, 0.5) is 0 Å². The summed E-state index contributed by atoms with van der Waals surface area (Å²) in [5, 5.41) is 3.21. The fourth-order valence-electron chi connectivity index (χ4n) is 1.10. The summed E-state index contributed by atoms with van der Waals surface area (Å²) in [5.41, 5.74) is 2.28. The number of nitrogens with zero attached hydrogens (tertiary/aromatic N) is 1. The van der Waals surface area contributed by atoms with Crippen molar-refractivity contribution in [3.8, 4) is 11.3 Å². The lowest BCUT2D eigenvalue weighted by Crippen LogP contribution is -1.75. The number of hydrogen-bond donors (Lipinski definition) is 0. The Bertz CT molecular complexity index is 378. The van der Waals surface area contributed by atoms with Gasteiger partial charge in [-0.1, -0.05) is 50.6 Å². The van der Waals surface area contributed by atoms with Gasteiger partial charge in [0.05, 0.1) is 10.7 Å². The van der Waals surface area contributed by atoms with Crippen LogP contribution in [0.2, 0.25) is 0 Å². The summed E-state index contributed by atoms with van der Waals surface area (Å²) in [7, 11) is 0. The molecule has 1 nitrogen and oxygen atoms in total. The van der Waals surface area contributed by atoms with Crippen LogP contribution < -0.4 is 0 Å². The molecule has 1 aromatic heterocycles. The SMILES string of the molecule is CCC.Cc1nc(-c2ccccc2)cs1. The van der Waals surface area contributed by atoms with Crippen LogP contribution in [0.3, 0.4) is 0 Å². The lowest BCUT2D eigenvalue weighted by molar-refractivity contribution is 1.09. The highest BCUT2D eigenvalue weighted by Gasteiger charge is 1.99. The molecule has 2 heteroatoms. The molecule has 1 aromatic carbocycles. The monoisotopic (exact) mass is 219 g/mol. The van der Waals surface area contributed by atoms with E-state index in [1.54, 1.807) is 11.3 Å². The van der Waals surface area contributed by atoms with Gasteiger partial charge in [0.15, 0.2) is 0 Å². The fourth-order valence-corrected chi connectivity index (χ4v) is 1.73. The smallest absolute Gasteiger partial charge is 0.0901 e. The van der Waals surface area contributed by atoms with E-state index in [0.29, 0.717) is 0 Å². The van der Waals surface area contributed by atoms with Gasteiger partial charge >= 0.3 is 0 Å². The van der Waals surface area contributed by atoms with Crippen LogP contribution in [0.25, 0.3) is 11.3 Å². The molecule has 0 saturated carbocycles. The van der Waals surface area contributed by atoms with Crippen molar-refractivity contribution in [3.63, 3.8) is 0 Å². The quantitative estimate of drug-likeness (QED) is 0.686. The second kappa shape index (κ2) is 6.36. The van der Waals surface area contributed by atoms with Crippen molar-refractivity contribution in [1.82, 2.24) is 4.98 Å². The molecule has 0 unspecified atom stereocenters. The van der Waals surface area contributed by atoms with Gasteiger partial charge in [0.25, 0.3) is 0 Å². The molecule has 0 aliphatic rings. The minimum Gasteiger partial charge on any atom is -0.242 e. The molecule has 0 amide bonds. The van der Waals surface area contributed by atoms with E-state index < -0.39 is 0 Å². The first-order chi connectivity index (χ1) is 7.27. The van der Waals surface area contributed by atoms with Crippen molar-refractivity contribution >= 4 is 11.3 Å². The van der Waals surface area contributed by atoms with Crippen LogP contribution in [-0.2, 0) is 0 Å². The average molecular weight is 219 g/mol. The van der Waals surface area contributed by atoms with Gasteiger partial charge in [-0.3, -0.25) is 0 Å². The molecular weight excluding hydrogens is 202 g/mol. The van der Waals surface area contributed by atoms with Gasteiger partial charge in [0.1, 0.15) is 0 Å². The van der Waals surface area contributed by atoms with E-state index in [-0.39, 0.29) is 0 Å². The highest BCUT2D eigenvalue weighted by Crippen LogP contribution is 2.20. The summed E-state index contributed by atoms with van der Waals surface area (Å²) in [5.74, 6) is 0. The molecule has 0 spiro atoms. The highest BCUT2D eigenvalue weighted by atomic mass is 32.1. The van der Waals surface area contributed by atoms with E-state index in [9.17, 15) is 0 Å². The van der Waals surface area contributed by atoms with E-state index in [2.05, 4.69) is 36.3 Å². The molecule has 0 bridgehead atoms. The van der Waals surface area contributed by atoms with E-state index in [4.69, 9.17) is 0 Å². The minimum atomic E-state index is 1.08. The minimum absolute atomic E-state index is 1.08. The van der Waals surface area contributed by atoms with E-state index >= 15 is 0 Å². The largest absolute Gasteiger partial charge is 0.242 e. The third kappa shape index (κ3) is 3.84. The summed E-state index contributed by atoms with van der Waals surface area (Å²) >= 11 is 1.69. The molecule has 0 N–H and O–H groups in total. The van der Waals surface area contributed by atoms with Gasteiger partial charge in [0.2, 0.25) is 0 Å². The molecule has 2 rings (SSSR count). The molecule has 0 saturated heterocycles. The van der Waals surface area contributed by atoms with Crippen molar-refractivity contribution in [2.24, 2.45) is 0 Å². The summed E-state index contributed by atoms with van der Waals surface area (Å²) in [6, 6.07) is 10.2. The van der Waals surface area contributed by atoms with Gasteiger partial charge in [-0.05, 0) is 6.92 Å². The van der Waals surface area contributed by atoms with Crippen LogP contribution in [0.15, 0.2) is 35.7 Å². The molecule has 0 radical (unpaired) electrons. The number of aromatic nitrogens is 1. The standard InChI is InChI=1S/C10H9NS.C3H8/c1-8-11-10(7-12-8)9-5-3-2-4-6-9;1-3-2/h2-7H,1H3;3H2,1-2H3. The molecule has 0 fully saturated rings. The number of hydrogen-bond acceptors (Lipinski definition) is 2. The maximum atomic E-state index is 4.40. The third-order valence-corrected chi connectivity index (χ3v) is 2.46. The number of rotatable bonds is 1. The maximum Gasteiger partial charge on any atom is 0.0901 e.